The number of nitrogens with two attached hydrogens (primary N) is 1. The lowest BCUT2D eigenvalue weighted by atomic mass is 9.96. The molecular weight excluding hydrogens is 236 g/mol. The molecule has 94 valence electrons. The number of halogens is 2. The molecule has 3 rings (SSSR count). The molecule has 0 aromatic heterocycles. The molecule has 18 heavy (non-hydrogen) atoms. The molecule has 1 unspecified atom stereocenters. The second-order valence-electron chi connectivity index (χ2n) is 4.72. The Hall–Kier alpha value is -1.68. The molecule has 0 amide bonds. The van der Waals surface area contributed by atoms with Gasteiger partial charge in [0.15, 0.2) is 0 Å². The van der Waals surface area contributed by atoms with Crippen LogP contribution in [0.3, 0.4) is 0 Å². The average Bonchev–Trinajstić information content (AvgIpc) is 2.87. The van der Waals surface area contributed by atoms with E-state index in [9.17, 15) is 8.78 Å². The van der Waals surface area contributed by atoms with E-state index in [1.807, 2.05) is 24.3 Å². The van der Waals surface area contributed by atoms with Gasteiger partial charge in [-0.25, -0.2) is 8.78 Å². The summed E-state index contributed by atoms with van der Waals surface area (Å²) in [6, 6.07) is 10.9. The third-order valence-electron chi connectivity index (χ3n) is 3.59. The highest BCUT2D eigenvalue weighted by Gasteiger charge is 2.71. The maximum Gasteiger partial charge on any atom is 0.272 e. The Morgan fingerprint density at radius 1 is 1.17 bits per heavy atom. The molecule has 1 aliphatic carbocycles. The van der Waals surface area contributed by atoms with Crippen molar-refractivity contribution in [3.63, 3.8) is 0 Å². The van der Waals surface area contributed by atoms with Gasteiger partial charge in [-0.05, 0) is 16.8 Å². The number of alkyl halides is 2. The first-order chi connectivity index (χ1) is 8.49. The van der Waals surface area contributed by atoms with Crippen molar-refractivity contribution in [2.24, 2.45) is 5.73 Å². The van der Waals surface area contributed by atoms with Crippen LogP contribution in [0.1, 0.15) is 12.0 Å². The molecule has 0 heterocycles. The number of ether oxygens (including phenoxy) is 1. The minimum Gasteiger partial charge on any atom is -0.496 e. The summed E-state index contributed by atoms with van der Waals surface area (Å²) < 4.78 is 32.3. The Labute approximate surface area is 103 Å². The number of fused-ring (bicyclic) bond motifs is 1. The van der Waals surface area contributed by atoms with Crippen LogP contribution in [0.5, 0.6) is 5.75 Å². The number of hydrogen-bond acceptors (Lipinski definition) is 2. The quantitative estimate of drug-likeness (QED) is 0.887. The van der Waals surface area contributed by atoms with E-state index in [0.717, 1.165) is 10.8 Å². The topological polar surface area (TPSA) is 35.2 Å². The molecule has 2 N–H and O–H groups in total. The van der Waals surface area contributed by atoms with Crippen LogP contribution in [0, 0.1) is 0 Å². The lowest BCUT2D eigenvalue weighted by Crippen LogP contribution is -2.28. The zero-order chi connectivity index (χ0) is 13.0. The second kappa shape index (κ2) is 3.42. The van der Waals surface area contributed by atoms with Crippen LogP contribution < -0.4 is 10.5 Å². The van der Waals surface area contributed by atoms with E-state index >= 15 is 0 Å². The highest BCUT2D eigenvalue weighted by atomic mass is 19.3. The van der Waals surface area contributed by atoms with Crippen molar-refractivity contribution in [3.05, 3.63) is 42.0 Å². The van der Waals surface area contributed by atoms with Crippen molar-refractivity contribution in [1.29, 1.82) is 0 Å². The molecule has 1 atom stereocenters. The average molecular weight is 249 g/mol. The van der Waals surface area contributed by atoms with E-state index < -0.39 is 11.5 Å². The first-order valence-corrected chi connectivity index (χ1v) is 5.72. The van der Waals surface area contributed by atoms with E-state index in [0.29, 0.717) is 11.3 Å². The Balaban J connectivity index is 2.32. The lowest BCUT2D eigenvalue weighted by molar-refractivity contribution is 0.0887. The van der Waals surface area contributed by atoms with Gasteiger partial charge in [-0.15, -0.1) is 0 Å². The second-order valence-corrected chi connectivity index (χ2v) is 4.72. The standard InChI is InChI=1S/C14H13F2NO/c1-18-11-7-6-9-4-2-3-5-10(9)12(11)13(17)8-14(13,15)16/h2-7H,8,17H2,1H3. The molecule has 1 fully saturated rings. The number of benzene rings is 2. The van der Waals surface area contributed by atoms with Crippen LogP contribution in [-0.4, -0.2) is 13.0 Å². The molecule has 0 aliphatic heterocycles. The van der Waals surface area contributed by atoms with Gasteiger partial charge < -0.3 is 10.5 Å². The summed E-state index contributed by atoms with van der Waals surface area (Å²) in [4.78, 5) is 0. The van der Waals surface area contributed by atoms with Gasteiger partial charge in [0.05, 0.1) is 7.11 Å². The Morgan fingerprint density at radius 2 is 1.83 bits per heavy atom. The largest absolute Gasteiger partial charge is 0.496 e. The van der Waals surface area contributed by atoms with Gasteiger partial charge in [0.1, 0.15) is 11.3 Å². The predicted molar refractivity (Wildman–Crippen MR) is 65.9 cm³/mol. The highest BCUT2D eigenvalue weighted by molar-refractivity contribution is 5.89. The van der Waals surface area contributed by atoms with E-state index in [2.05, 4.69) is 0 Å². The summed E-state index contributed by atoms with van der Waals surface area (Å²) in [6.45, 7) is 0. The van der Waals surface area contributed by atoms with Gasteiger partial charge in [-0.3, -0.25) is 0 Å². The van der Waals surface area contributed by atoms with Crippen LogP contribution in [0.2, 0.25) is 0 Å². The Morgan fingerprint density at radius 3 is 2.44 bits per heavy atom. The van der Waals surface area contributed by atoms with E-state index in [-0.39, 0.29) is 6.42 Å². The fraction of sp³-hybridized carbons (Fsp3) is 0.286. The fourth-order valence-corrected chi connectivity index (χ4v) is 2.46. The first kappa shape index (κ1) is 11.4. The molecule has 0 bridgehead atoms. The molecule has 1 aliphatic rings. The highest BCUT2D eigenvalue weighted by Crippen LogP contribution is 2.60. The summed E-state index contributed by atoms with van der Waals surface area (Å²) >= 11 is 0. The van der Waals surface area contributed by atoms with E-state index in [1.165, 1.54) is 7.11 Å². The van der Waals surface area contributed by atoms with Crippen molar-refractivity contribution in [3.8, 4) is 5.75 Å². The summed E-state index contributed by atoms with van der Waals surface area (Å²) in [6.07, 6.45) is -0.329. The van der Waals surface area contributed by atoms with Crippen molar-refractivity contribution < 1.29 is 13.5 Å². The normalized spacial score (nSPS) is 25.1. The van der Waals surface area contributed by atoms with Crippen LogP contribution >= 0.6 is 0 Å². The van der Waals surface area contributed by atoms with Crippen LogP contribution in [-0.2, 0) is 5.54 Å². The summed E-state index contributed by atoms with van der Waals surface area (Å²) in [5.41, 5.74) is 4.67. The third-order valence-corrected chi connectivity index (χ3v) is 3.59. The zero-order valence-electron chi connectivity index (χ0n) is 9.91. The third kappa shape index (κ3) is 1.35. The zero-order valence-corrected chi connectivity index (χ0v) is 9.91. The van der Waals surface area contributed by atoms with Gasteiger partial charge in [0.2, 0.25) is 0 Å². The lowest BCUT2D eigenvalue weighted by Gasteiger charge is -2.18. The number of methoxy groups -OCH3 is 1. The van der Waals surface area contributed by atoms with E-state index in [1.54, 1.807) is 12.1 Å². The molecule has 0 saturated heterocycles. The van der Waals surface area contributed by atoms with Crippen LogP contribution in [0.25, 0.3) is 10.8 Å². The van der Waals surface area contributed by atoms with Gasteiger partial charge in [-0.1, -0.05) is 30.3 Å². The van der Waals surface area contributed by atoms with Gasteiger partial charge in [-0.2, -0.15) is 0 Å². The van der Waals surface area contributed by atoms with Gasteiger partial charge in [0.25, 0.3) is 5.92 Å². The van der Waals surface area contributed by atoms with Crippen LogP contribution in [0.15, 0.2) is 36.4 Å². The maximum absolute atomic E-state index is 13.5. The molecule has 1 saturated carbocycles. The molecular formula is C14H13F2NO. The SMILES string of the molecule is COc1ccc2ccccc2c1C1(N)CC1(F)F. The fourth-order valence-electron chi connectivity index (χ4n) is 2.46. The monoisotopic (exact) mass is 249 g/mol. The van der Waals surface area contributed by atoms with Gasteiger partial charge in [0, 0.05) is 12.0 Å². The Kier molecular flexibility index (Phi) is 2.17. The summed E-state index contributed by atoms with van der Waals surface area (Å²) in [5, 5.41) is 1.62. The molecule has 2 nitrogen and oxygen atoms in total. The molecule has 2 aromatic carbocycles. The maximum atomic E-state index is 13.5. The minimum atomic E-state index is -2.86. The summed E-state index contributed by atoms with van der Waals surface area (Å²) in [7, 11) is 1.47. The van der Waals surface area contributed by atoms with Crippen molar-refractivity contribution in [1.82, 2.24) is 0 Å². The van der Waals surface area contributed by atoms with Crippen LogP contribution in [0.4, 0.5) is 8.78 Å². The molecule has 0 radical (unpaired) electrons. The smallest absolute Gasteiger partial charge is 0.272 e. The molecule has 4 heteroatoms. The van der Waals surface area contributed by atoms with Crippen molar-refractivity contribution >= 4 is 10.8 Å². The number of hydrogen-bond donors (Lipinski definition) is 1. The molecule has 0 spiro atoms. The van der Waals surface area contributed by atoms with Crippen molar-refractivity contribution in [2.45, 2.75) is 17.9 Å². The van der Waals surface area contributed by atoms with Gasteiger partial charge >= 0.3 is 0 Å². The summed E-state index contributed by atoms with van der Waals surface area (Å²) in [5.74, 6) is -2.43. The minimum absolute atomic E-state index is 0.329. The number of rotatable bonds is 2. The molecule has 2 aromatic rings. The van der Waals surface area contributed by atoms with E-state index in [4.69, 9.17) is 10.5 Å². The van der Waals surface area contributed by atoms with Crippen molar-refractivity contribution in [2.75, 3.05) is 7.11 Å². The Bertz CT molecular complexity index is 626. The first-order valence-electron chi connectivity index (χ1n) is 5.72. The predicted octanol–water partition coefficient (Wildman–Crippen LogP) is 3.04.